The summed E-state index contributed by atoms with van der Waals surface area (Å²) in [5.41, 5.74) is 2.31. The maximum absolute atomic E-state index is 12.1. The van der Waals surface area contributed by atoms with Gasteiger partial charge in [-0.25, -0.2) is 14.5 Å². The number of carbonyl (C=O) groups excluding carboxylic acids is 2. The second-order valence-corrected chi connectivity index (χ2v) is 5.91. The van der Waals surface area contributed by atoms with Gasteiger partial charge in [-0.1, -0.05) is 0 Å². The van der Waals surface area contributed by atoms with Crippen molar-refractivity contribution in [2.45, 2.75) is 13.5 Å². The molecule has 0 spiro atoms. The lowest BCUT2D eigenvalue weighted by Crippen LogP contribution is -2.28. The highest BCUT2D eigenvalue weighted by atomic mass is 16.2. The molecule has 2 aromatic heterocycles. The molecule has 3 aromatic rings. The lowest BCUT2D eigenvalue weighted by molar-refractivity contribution is -0.116. The zero-order valence-electron chi connectivity index (χ0n) is 15.1. The third-order valence-electron chi connectivity index (χ3n) is 3.99. The highest BCUT2D eigenvalue weighted by Gasteiger charge is 2.07. The Morgan fingerprint density at radius 1 is 1.15 bits per heavy atom. The van der Waals surface area contributed by atoms with Crippen LogP contribution in [-0.4, -0.2) is 33.8 Å². The van der Waals surface area contributed by atoms with E-state index in [2.05, 4.69) is 20.7 Å². The summed E-state index contributed by atoms with van der Waals surface area (Å²) in [6, 6.07) is 12.2. The number of carbonyl (C=O) groups is 2. The topological polar surface area (TPSA) is 92.2 Å². The Hall–Kier alpha value is -3.68. The Labute approximate surface area is 156 Å². The first-order valence-electron chi connectivity index (χ1n) is 8.37. The molecule has 8 heteroatoms. The Morgan fingerprint density at radius 3 is 2.59 bits per heavy atom. The number of hydrogen-bond acceptors (Lipinski definition) is 4. The summed E-state index contributed by atoms with van der Waals surface area (Å²) in [6.07, 6.45) is 5.16. The van der Waals surface area contributed by atoms with Crippen LogP contribution < -0.4 is 15.5 Å². The van der Waals surface area contributed by atoms with Gasteiger partial charge in [0.2, 0.25) is 5.91 Å². The van der Waals surface area contributed by atoms with E-state index in [-0.39, 0.29) is 11.9 Å². The molecule has 8 nitrogen and oxygen atoms in total. The third-order valence-corrected chi connectivity index (χ3v) is 3.99. The number of nitrogens with zero attached hydrogens (tertiary/aromatic N) is 4. The van der Waals surface area contributed by atoms with Gasteiger partial charge in [-0.05, 0) is 48.0 Å². The molecule has 0 bridgehead atoms. The van der Waals surface area contributed by atoms with Crippen molar-refractivity contribution in [2.24, 2.45) is 0 Å². The molecule has 0 aliphatic heterocycles. The van der Waals surface area contributed by atoms with E-state index in [4.69, 9.17) is 0 Å². The van der Waals surface area contributed by atoms with Crippen LogP contribution in [0.15, 0.2) is 61.1 Å². The van der Waals surface area contributed by atoms with Crippen LogP contribution in [0, 0.1) is 0 Å². The average Bonchev–Trinajstić information content (AvgIpc) is 3.21. The molecule has 0 unspecified atom stereocenters. The SMILES string of the molecule is CC(=O)N(C)c1ccc(NC(=O)NCc2ccnc(-n3cccn3)c2)cc1. The van der Waals surface area contributed by atoms with Crippen LogP contribution >= 0.6 is 0 Å². The first kappa shape index (κ1) is 18.1. The quantitative estimate of drug-likeness (QED) is 0.728. The van der Waals surface area contributed by atoms with Crippen molar-refractivity contribution in [1.29, 1.82) is 0 Å². The number of nitrogens with one attached hydrogen (secondary N) is 2. The molecule has 0 saturated carbocycles. The van der Waals surface area contributed by atoms with Gasteiger partial charge >= 0.3 is 6.03 Å². The maximum atomic E-state index is 12.1. The number of hydrogen-bond donors (Lipinski definition) is 2. The van der Waals surface area contributed by atoms with E-state index < -0.39 is 0 Å². The Balaban J connectivity index is 1.56. The predicted octanol–water partition coefficient (Wildman–Crippen LogP) is 2.57. The number of pyridine rings is 1. The lowest BCUT2D eigenvalue weighted by atomic mass is 10.2. The first-order chi connectivity index (χ1) is 13.0. The fourth-order valence-corrected chi connectivity index (χ4v) is 2.41. The van der Waals surface area contributed by atoms with Crippen LogP contribution in [0.4, 0.5) is 16.2 Å². The molecule has 138 valence electrons. The highest BCUT2D eigenvalue weighted by molar-refractivity contribution is 5.92. The molecule has 2 heterocycles. The normalized spacial score (nSPS) is 10.3. The average molecular weight is 364 g/mol. The summed E-state index contributed by atoms with van der Waals surface area (Å²) in [7, 11) is 1.70. The molecule has 3 rings (SSSR count). The van der Waals surface area contributed by atoms with Crippen LogP contribution in [0.3, 0.4) is 0 Å². The van der Waals surface area contributed by atoms with Crippen LogP contribution in [-0.2, 0) is 11.3 Å². The van der Waals surface area contributed by atoms with Crippen LogP contribution in [0.2, 0.25) is 0 Å². The summed E-state index contributed by atoms with van der Waals surface area (Å²) >= 11 is 0. The van der Waals surface area contributed by atoms with E-state index >= 15 is 0 Å². The van der Waals surface area contributed by atoms with Gasteiger partial charge in [0.05, 0.1) is 0 Å². The van der Waals surface area contributed by atoms with Gasteiger partial charge in [0.25, 0.3) is 0 Å². The molecule has 0 radical (unpaired) electrons. The molecule has 0 saturated heterocycles. The number of urea groups is 1. The summed E-state index contributed by atoms with van der Waals surface area (Å²) in [5.74, 6) is 0.630. The Bertz CT molecular complexity index is 922. The molecule has 3 amide bonds. The largest absolute Gasteiger partial charge is 0.334 e. The van der Waals surface area contributed by atoms with E-state index in [0.29, 0.717) is 18.1 Å². The van der Waals surface area contributed by atoms with Gasteiger partial charge in [0.1, 0.15) is 0 Å². The minimum atomic E-state index is -0.319. The van der Waals surface area contributed by atoms with E-state index in [9.17, 15) is 9.59 Å². The molecule has 0 fully saturated rings. The molecule has 0 aliphatic carbocycles. The van der Waals surface area contributed by atoms with E-state index in [1.54, 1.807) is 54.6 Å². The van der Waals surface area contributed by atoms with Gasteiger partial charge < -0.3 is 15.5 Å². The Kier molecular flexibility index (Phi) is 5.46. The first-order valence-corrected chi connectivity index (χ1v) is 8.37. The van der Waals surface area contributed by atoms with Gasteiger partial charge in [-0.2, -0.15) is 5.10 Å². The van der Waals surface area contributed by atoms with Crippen molar-refractivity contribution in [3.63, 3.8) is 0 Å². The predicted molar refractivity (Wildman–Crippen MR) is 103 cm³/mol. The molecule has 27 heavy (non-hydrogen) atoms. The smallest absolute Gasteiger partial charge is 0.319 e. The number of aromatic nitrogens is 3. The number of benzene rings is 1. The number of anilines is 2. The molecule has 0 atom stereocenters. The van der Waals surface area contributed by atoms with Gasteiger partial charge in [-0.3, -0.25) is 4.79 Å². The maximum Gasteiger partial charge on any atom is 0.319 e. The van der Waals surface area contributed by atoms with E-state index in [1.165, 1.54) is 11.8 Å². The van der Waals surface area contributed by atoms with Crippen molar-refractivity contribution in [1.82, 2.24) is 20.1 Å². The van der Waals surface area contributed by atoms with Crippen molar-refractivity contribution in [3.8, 4) is 5.82 Å². The van der Waals surface area contributed by atoms with E-state index in [0.717, 1.165) is 11.3 Å². The number of amides is 3. The second-order valence-electron chi connectivity index (χ2n) is 5.91. The van der Waals surface area contributed by atoms with Crippen molar-refractivity contribution in [3.05, 3.63) is 66.6 Å². The minimum Gasteiger partial charge on any atom is -0.334 e. The van der Waals surface area contributed by atoms with Crippen LogP contribution in [0.25, 0.3) is 5.82 Å². The molecule has 1 aromatic carbocycles. The highest BCUT2D eigenvalue weighted by Crippen LogP contribution is 2.17. The zero-order chi connectivity index (χ0) is 19.2. The van der Waals surface area contributed by atoms with Gasteiger partial charge in [-0.15, -0.1) is 0 Å². The number of rotatable bonds is 5. The fraction of sp³-hybridized carbons (Fsp3) is 0.158. The monoisotopic (exact) mass is 364 g/mol. The summed E-state index contributed by atoms with van der Waals surface area (Å²) in [5, 5.41) is 9.71. The van der Waals surface area contributed by atoms with Gasteiger partial charge in [0.15, 0.2) is 5.82 Å². The zero-order valence-corrected chi connectivity index (χ0v) is 15.1. The standard InChI is InChI=1S/C19H20N6O2/c1-14(26)24(2)17-6-4-16(5-7-17)23-19(27)21-13-15-8-10-20-18(12-15)25-11-3-9-22-25/h3-12H,13H2,1-2H3,(H2,21,23,27). The molecular weight excluding hydrogens is 344 g/mol. The van der Waals surface area contributed by atoms with E-state index in [1.807, 2.05) is 18.2 Å². The molecule has 0 aliphatic rings. The van der Waals surface area contributed by atoms with Crippen LogP contribution in [0.1, 0.15) is 12.5 Å². The minimum absolute atomic E-state index is 0.0553. The summed E-state index contributed by atoms with van der Waals surface area (Å²) in [4.78, 5) is 29.3. The van der Waals surface area contributed by atoms with Crippen molar-refractivity contribution < 1.29 is 9.59 Å². The fourth-order valence-electron chi connectivity index (χ4n) is 2.41. The van der Waals surface area contributed by atoms with Gasteiger partial charge in [0, 0.05) is 50.5 Å². The van der Waals surface area contributed by atoms with Crippen LogP contribution in [0.5, 0.6) is 0 Å². The lowest BCUT2D eigenvalue weighted by Gasteiger charge is -2.15. The summed E-state index contributed by atoms with van der Waals surface area (Å²) in [6.45, 7) is 1.85. The van der Waals surface area contributed by atoms with Crippen molar-refractivity contribution >= 4 is 23.3 Å². The third kappa shape index (κ3) is 4.69. The molecule has 2 N–H and O–H groups in total. The Morgan fingerprint density at radius 2 is 1.93 bits per heavy atom. The summed E-state index contributed by atoms with van der Waals surface area (Å²) < 4.78 is 1.66. The van der Waals surface area contributed by atoms with Crippen molar-refractivity contribution in [2.75, 3.05) is 17.3 Å². The second kappa shape index (κ2) is 8.13. The molecular formula is C19H20N6O2.